The molecule has 2 aliphatic rings. The number of benzene rings is 2. The fourth-order valence-corrected chi connectivity index (χ4v) is 4.96. The minimum atomic E-state index is 0.765. The first-order valence-electron chi connectivity index (χ1n) is 9.26. The van der Waals surface area contributed by atoms with Gasteiger partial charge in [-0.1, -0.05) is 30.3 Å². The minimum Gasteiger partial charge on any atom is -0.297 e. The number of aryl methyl sites for hydroxylation is 1. The van der Waals surface area contributed by atoms with Gasteiger partial charge in [0.2, 0.25) is 0 Å². The second kappa shape index (κ2) is 6.93. The Morgan fingerprint density at radius 1 is 1.00 bits per heavy atom. The van der Waals surface area contributed by atoms with Gasteiger partial charge in [0.15, 0.2) is 0 Å². The number of likely N-dealkylation sites (tertiary alicyclic amines) is 1. The molecule has 0 bridgehead atoms. The molecule has 0 aromatic heterocycles. The molecule has 126 valence electrons. The number of fused-ring (bicyclic) bond motifs is 1. The summed E-state index contributed by atoms with van der Waals surface area (Å²) in [5.74, 6) is 0. The normalized spacial score (nSPS) is 24.1. The van der Waals surface area contributed by atoms with Crippen LogP contribution in [0.2, 0.25) is 0 Å². The molecule has 1 nitrogen and oxygen atoms in total. The van der Waals surface area contributed by atoms with Crippen molar-refractivity contribution in [2.75, 3.05) is 12.8 Å². The average Bonchev–Trinajstić information content (AvgIpc) is 3.07. The molecule has 1 aliphatic heterocycles. The van der Waals surface area contributed by atoms with Crippen molar-refractivity contribution in [3.8, 4) is 11.1 Å². The van der Waals surface area contributed by atoms with Gasteiger partial charge in [-0.15, -0.1) is 11.8 Å². The van der Waals surface area contributed by atoms with Crippen molar-refractivity contribution in [3.05, 3.63) is 53.6 Å². The van der Waals surface area contributed by atoms with Gasteiger partial charge in [0.05, 0.1) is 0 Å². The summed E-state index contributed by atoms with van der Waals surface area (Å²) >= 11 is 1.82. The third-order valence-electron chi connectivity index (χ3n) is 5.89. The quantitative estimate of drug-likeness (QED) is 0.688. The van der Waals surface area contributed by atoms with Crippen LogP contribution in [0.5, 0.6) is 0 Å². The van der Waals surface area contributed by atoms with Gasteiger partial charge in [-0.3, -0.25) is 4.90 Å². The molecule has 2 aromatic rings. The van der Waals surface area contributed by atoms with Crippen molar-refractivity contribution in [1.82, 2.24) is 4.90 Å². The Morgan fingerprint density at radius 2 is 1.88 bits per heavy atom. The first-order valence-corrected chi connectivity index (χ1v) is 10.5. The molecule has 2 unspecified atom stereocenters. The summed E-state index contributed by atoms with van der Waals surface area (Å²) in [6, 6.07) is 17.6. The van der Waals surface area contributed by atoms with Gasteiger partial charge in [0.25, 0.3) is 0 Å². The highest BCUT2D eigenvalue weighted by atomic mass is 32.2. The molecule has 1 heterocycles. The van der Waals surface area contributed by atoms with Crippen LogP contribution in [0, 0.1) is 0 Å². The first-order chi connectivity index (χ1) is 11.7. The van der Waals surface area contributed by atoms with E-state index in [1.54, 1.807) is 11.1 Å². The van der Waals surface area contributed by atoms with E-state index >= 15 is 0 Å². The fraction of sp³-hybridized carbons (Fsp3) is 0.455. The van der Waals surface area contributed by atoms with Crippen molar-refractivity contribution in [3.63, 3.8) is 0 Å². The number of hydrogen-bond acceptors (Lipinski definition) is 2. The highest BCUT2D eigenvalue weighted by Crippen LogP contribution is 2.32. The van der Waals surface area contributed by atoms with Crippen LogP contribution >= 0.6 is 11.8 Å². The second-order valence-electron chi connectivity index (χ2n) is 7.34. The third kappa shape index (κ3) is 3.14. The summed E-state index contributed by atoms with van der Waals surface area (Å²) in [5.41, 5.74) is 5.87. The summed E-state index contributed by atoms with van der Waals surface area (Å²) in [5, 5.41) is 0. The van der Waals surface area contributed by atoms with Crippen LogP contribution < -0.4 is 0 Å². The highest BCUT2D eigenvalue weighted by molar-refractivity contribution is 7.98. The lowest BCUT2D eigenvalue weighted by Gasteiger charge is -2.35. The zero-order valence-corrected chi connectivity index (χ0v) is 15.6. The molecule has 0 radical (unpaired) electrons. The van der Waals surface area contributed by atoms with E-state index in [0.29, 0.717) is 0 Å². The first kappa shape index (κ1) is 16.2. The van der Waals surface area contributed by atoms with E-state index in [9.17, 15) is 0 Å². The standard InChI is InChI=1S/C22H27NS/c1-16-5-4-12-23(16)21-11-10-19-13-18(8-9-20(19)14-21)17-6-3-7-22(15-17)24-2/h3,6-9,13,15-16,21H,4-5,10-12,14H2,1-2H3. The van der Waals surface area contributed by atoms with Crippen molar-refractivity contribution in [1.29, 1.82) is 0 Å². The molecular weight excluding hydrogens is 310 g/mol. The van der Waals surface area contributed by atoms with E-state index < -0.39 is 0 Å². The summed E-state index contributed by atoms with van der Waals surface area (Å²) in [6.45, 7) is 3.71. The van der Waals surface area contributed by atoms with Gasteiger partial charge in [-0.2, -0.15) is 0 Å². The van der Waals surface area contributed by atoms with Crippen LogP contribution in [0.25, 0.3) is 11.1 Å². The lowest BCUT2D eigenvalue weighted by molar-refractivity contribution is 0.174. The molecule has 1 fully saturated rings. The SMILES string of the molecule is CSc1cccc(-c2ccc3c(c2)CCC(N2CCCC2C)C3)c1. The molecule has 0 spiro atoms. The molecule has 1 aliphatic carbocycles. The zero-order chi connectivity index (χ0) is 16.5. The van der Waals surface area contributed by atoms with E-state index in [1.165, 1.54) is 54.7 Å². The summed E-state index contributed by atoms with van der Waals surface area (Å²) in [6.07, 6.45) is 8.71. The Bertz CT molecular complexity index is 724. The Labute approximate surface area is 150 Å². The molecule has 4 rings (SSSR count). The lowest BCUT2D eigenvalue weighted by Crippen LogP contribution is -2.41. The van der Waals surface area contributed by atoms with Gasteiger partial charge >= 0.3 is 0 Å². The zero-order valence-electron chi connectivity index (χ0n) is 14.8. The summed E-state index contributed by atoms with van der Waals surface area (Å²) < 4.78 is 0. The predicted octanol–water partition coefficient (Wildman–Crippen LogP) is 5.42. The van der Waals surface area contributed by atoms with Crippen molar-refractivity contribution >= 4 is 11.8 Å². The largest absolute Gasteiger partial charge is 0.297 e. The molecule has 0 saturated carbocycles. The van der Waals surface area contributed by atoms with Gasteiger partial charge in [0.1, 0.15) is 0 Å². The molecule has 2 atom stereocenters. The smallest absolute Gasteiger partial charge is 0.0142 e. The van der Waals surface area contributed by atoms with Crippen molar-refractivity contribution in [2.45, 2.75) is 56.0 Å². The van der Waals surface area contributed by atoms with Crippen LogP contribution in [0.15, 0.2) is 47.4 Å². The number of hydrogen-bond donors (Lipinski definition) is 0. The lowest BCUT2D eigenvalue weighted by atomic mass is 9.85. The van der Waals surface area contributed by atoms with E-state index in [2.05, 4.69) is 60.5 Å². The van der Waals surface area contributed by atoms with Gasteiger partial charge in [0, 0.05) is 17.0 Å². The Morgan fingerprint density at radius 3 is 2.67 bits per heavy atom. The third-order valence-corrected chi connectivity index (χ3v) is 6.61. The van der Waals surface area contributed by atoms with E-state index in [1.807, 2.05) is 11.8 Å². The molecule has 0 amide bonds. The van der Waals surface area contributed by atoms with Gasteiger partial charge in [-0.25, -0.2) is 0 Å². The summed E-state index contributed by atoms with van der Waals surface area (Å²) in [7, 11) is 0. The molecule has 1 saturated heterocycles. The number of nitrogens with zero attached hydrogens (tertiary/aromatic N) is 1. The molecule has 0 N–H and O–H groups in total. The van der Waals surface area contributed by atoms with Crippen LogP contribution in [0.4, 0.5) is 0 Å². The Hall–Kier alpha value is -1.25. The van der Waals surface area contributed by atoms with Crippen molar-refractivity contribution < 1.29 is 0 Å². The Kier molecular flexibility index (Phi) is 4.69. The molecule has 24 heavy (non-hydrogen) atoms. The van der Waals surface area contributed by atoms with Gasteiger partial charge < -0.3 is 0 Å². The van der Waals surface area contributed by atoms with Crippen LogP contribution in [0.3, 0.4) is 0 Å². The maximum atomic E-state index is 2.76. The van der Waals surface area contributed by atoms with E-state index in [-0.39, 0.29) is 0 Å². The van der Waals surface area contributed by atoms with Crippen LogP contribution in [-0.4, -0.2) is 29.8 Å². The van der Waals surface area contributed by atoms with E-state index in [0.717, 1.165) is 12.1 Å². The monoisotopic (exact) mass is 337 g/mol. The fourth-order valence-electron chi connectivity index (χ4n) is 4.50. The maximum absolute atomic E-state index is 2.76. The average molecular weight is 338 g/mol. The van der Waals surface area contributed by atoms with E-state index in [4.69, 9.17) is 0 Å². The van der Waals surface area contributed by atoms with Gasteiger partial charge in [-0.05, 0) is 86.2 Å². The number of rotatable bonds is 3. The number of thioether (sulfide) groups is 1. The molecule has 2 heteroatoms. The predicted molar refractivity (Wildman–Crippen MR) is 105 cm³/mol. The molecular formula is C22H27NS. The van der Waals surface area contributed by atoms with Crippen LogP contribution in [0.1, 0.15) is 37.3 Å². The minimum absolute atomic E-state index is 0.765. The highest BCUT2D eigenvalue weighted by Gasteiger charge is 2.30. The Balaban J connectivity index is 1.56. The second-order valence-corrected chi connectivity index (χ2v) is 8.22. The maximum Gasteiger partial charge on any atom is 0.0142 e. The summed E-state index contributed by atoms with van der Waals surface area (Å²) in [4.78, 5) is 4.10. The van der Waals surface area contributed by atoms with Crippen LogP contribution in [-0.2, 0) is 12.8 Å². The van der Waals surface area contributed by atoms with Crippen molar-refractivity contribution in [2.24, 2.45) is 0 Å². The topological polar surface area (TPSA) is 3.24 Å². The molecule has 2 aromatic carbocycles.